The Bertz CT molecular complexity index is 695. The van der Waals surface area contributed by atoms with Crippen molar-refractivity contribution in [3.63, 3.8) is 0 Å². The van der Waals surface area contributed by atoms with Crippen molar-refractivity contribution in [2.24, 2.45) is 0 Å². The van der Waals surface area contributed by atoms with Gasteiger partial charge < -0.3 is 15.2 Å². The molecule has 0 aliphatic carbocycles. The first-order valence-corrected chi connectivity index (χ1v) is 7.30. The van der Waals surface area contributed by atoms with Gasteiger partial charge in [-0.3, -0.25) is 0 Å². The maximum atomic E-state index is 14.0. The molecule has 0 saturated heterocycles. The zero-order chi connectivity index (χ0) is 16.8. The van der Waals surface area contributed by atoms with Gasteiger partial charge in [0.2, 0.25) is 0 Å². The lowest BCUT2D eigenvalue weighted by molar-refractivity contribution is 0.170. The van der Waals surface area contributed by atoms with Crippen molar-refractivity contribution in [2.75, 3.05) is 13.7 Å². The molecule has 0 spiro atoms. The second-order valence-electron chi connectivity index (χ2n) is 5.27. The third-order valence-electron chi connectivity index (χ3n) is 3.71. The molecule has 0 radical (unpaired) electrons. The molecule has 4 nitrogen and oxygen atoms in total. The Kier molecular flexibility index (Phi) is 5.69. The van der Waals surface area contributed by atoms with Crippen LogP contribution in [-0.2, 0) is 0 Å². The Morgan fingerprint density at radius 2 is 1.96 bits per heavy atom. The van der Waals surface area contributed by atoms with Crippen molar-refractivity contribution in [3.8, 4) is 11.8 Å². The van der Waals surface area contributed by atoms with Crippen molar-refractivity contribution in [2.45, 2.75) is 19.1 Å². The molecule has 0 amide bonds. The van der Waals surface area contributed by atoms with Crippen molar-refractivity contribution in [1.29, 1.82) is 5.26 Å². The quantitative estimate of drug-likeness (QED) is 0.860. The Hall–Kier alpha value is -2.42. The lowest BCUT2D eigenvalue weighted by atomic mass is 10.0. The topological polar surface area (TPSA) is 65.3 Å². The fourth-order valence-electron chi connectivity index (χ4n) is 2.29. The summed E-state index contributed by atoms with van der Waals surface area (Å²) in [5, 5.41) is 22.0. The molecule has 23 heavy (non-hydrogen) atoms. The number of rotatable bonds is 6. The summed E-state index contributed by atoms with van der Waals surface area (Å²) in [6, 6.07) is 13.1. The van der Waals surface area contributed by atoms with Crippen molar-refractivity contribution in [1.82, 2.24) is 5.32 Å². The van der Waals surface area contributed by atoms with E-state index in [9.17, 15) is 9.50 Å². The largest absolute Gasteiger partial charge is 0.497 e. The van der Waals surface area contributed by atoms with Gasteiger partial charge >= 0.3 is 0 Å². The number of methoxy groups -OCH3 is 1. The molecule has 0 fully saturated rings. The zero-order valence-electron chi connectivity index (χ0n) is 13.1. The number of hydrogen-bond acceptors (Lipinski definition) is 4. The number of aliphatic hydroxyl groups excluding tert-OH is 1. The Labute approximate surface area is 135 Å². The lowest BCUT2D eigenvalue weighted by Gasteiger charge is -2.18. The Balaban J connectivity index is 1.97. The third-order valence-corrected chi connectivity index (χ3v) is 3.71. The summed E-state index contributed by atoms with van der Waals surface area (Å²) in [5.74, 6) is 0.296. The Morgan fingerprint density at radius 1 is 1.26 bits per heavy atom. The lowest BCUT2D eigenvalue weighted by Crippen LogP contribution is -2.25. The number of nitrogens with one attached hydrogen (secondary N) is 1. The fraction of sp³-hybridized carbons (Fsp3) is 0.278. The van der Waals surface area contributed by atoms with Crippen LogP contribution in [0.25, 0.3) is 0 Å². The SMILES string of the molecule is COc1ccc(C(O)CNC(C)c2ccc(C#N)cc2F)cc1. The number of aliphatic hydroxyl groups is 1. The molecule has 0 saturated carbocycles. The van der Waals surface area contributed by atoms with E-state index in [-0.39, 0.29) is 18.2 Å². The van der Waals surface area contributed by atoms with E-state index in [2.05, 4.69) is 5.32 Å². The van der Waals surface area contributed by atoms with E-state index in [1.165, 1.54) is 6.07 Å². The van der Waals surface area contributed by atoms with Gasteiger partial charge in [0.05, 0.1) is 24.8 Å². The monoisotopic (exact) mass is 314 g/mol. The van der Waals surface area contributed by atoms with Crippen molar-refractivity contribution >= 4 is 0 Å². The van der Waals surface area contributed by atoms with Gasteiger partial charge in [-0.1, -0.05) is 18.2 Å². The van der Waals surface area contributed by atoms with E-state index in [1.807, 2.05) is 13.0 Å². The summed E-state index contributed by atoms with van der Waals surface area (Å²) >= 11 is 0. The van der Waals surface area contributed by atoms with E-state index >= 15 is 0 Å². The highest BCUT2D eigenvalue weighted by Gasteiger charge is 2.14. The van der Waals surface area contributed by atoms with Crippen LogP contribution in [0.3, 0.4) is 0 Å². The fourth-order valence-corrected chi connectivity index (χ4v) is 2.29. The molecule has 2 rings (SSSR count). The number of ether oxygens (including phenoxy) is 1. The number of nitrogens with zero attached hydrogens (tertiary/aromatic N) is 1. The molecular weight excluding hydrogens is 295 g/mol. The van der Waals surface area contributed by atoms with Crippen LogP contribution < -0.4 is 10.1 Å². The molecule has 0 bridgehead atoms. The predicted molar refractivity (Wildman–Crippen MR) is 85.5 cm³/mol. The first-order chi connectivity index (χ1) is 11.0. The summed E-state index contributed by atoms with van der Waals surface area (Å²) in [6.45, 7) is 2.10. The van der Waals surface area contributed by atoms with Crippen LogP contribution in [0.15, 0.2) is 42.5 Å². The molecule has 2 aromatic carbocycles. The number of benzene rings is 2. The van der Waals surface area contributed by atoms with E-state index in [0.717, 1.165) is 11.3 Å². The Morgan fingerprint density at radius 3 is 2.52 bits per heavy atom. The molecule has 0 aliphatic rings. The highest BCUT2D eigenvalue weighted by atomic mass is 19.1. The highest BCUT2D eigenvalue weighted by Crippen LogP contribution is 2.20. The van der Waals surface area contributed by atoms with Gasteiger partial charge in [0.25, 0.3) is 0 Å². The smallest absolute Gasteiger partial charge is 0.129 e. The van der Waals surface area contributed by atoms with Gasteiger partial charge in [0.15, 0.2) is 0 Å². The van der Waals surface area contributed by atoms with E-state index in [1.54, 1.807) is 43.5 Å². The zero-order valence-corrected chi connectivity index (χ0v) is 13.1. The first kappa shape index (κ1) is 16.9. The summed E-state index contributed by atoms with van der Waals surface area (Å²) in [7, 11) is 1.58. The van der Waals surface area contributed by atoms with Gasteiger partial charge in [-0.2, -0.15) is 5.26 Å². The highest BCUT2D eigenvalue weighted by molar-refractivity contribution is 5.34. The average molecular weight is 314 g/mol. The molecule has 120 valence electrons. The minimum Gasteiger partial charge on any atom is -0.497 e. The molecular formula is C18H19FN2O2. The maximum Gasteiger partial charge on any atom is 0.129 e. The van der Waals surface area contributed by atoms with Crippen LogP contribution in [0.4, 0.5) is 4.39 Å². The maximum absolute atomic E-state index is 14.0. The molecule has 2 unspecified atom stereocenters. The summed E-state index contributed by atoms with van der Waals surface area (Å²) in [4.78, 5) is 0. The van der Waals surface area contributed by atoms with E-state index < -0.39 is 11.9 Å². The molecule has 0 heterocycles. The van der Waals surface area contributed by atoms with Crippen LogP contribution in [0.2, 0.25) is 0 Å². The van der Waals surface area contributed by atoms with Crippen LogP contribution in [0, 0.1) is 17.1 Å². The normalized spacial score (nSPS) is 13.2. The van der Waals surface area contributed by atoms with Gasteiger partial charge in [0, 0.05) is 18.2 Å². The van der Waals surface area contributed by atoms with E-state index in [0.29, 0.717) is 5.56 Å². The van der Waals surface area contributed by atoms with Gasteiger partial charge in [0.1, 0.15) is 11.6 Å². The molecule has 0 aromatic heterocycles. The van der Waals surface area contributed by atoms with Crippen LogP contribution in [0.5, 0.6) is 5.75 Å². The molecule has 2 aromatic rings. The van der Waals surface area contributed by atoms with Crippen LogP contribution in [-0.4, -0.2) is 18.8 Å². The van der Waals surface area contributed by atoms with Crippen LogP contribution >= 0.6 is 0 Å². The van der Waals surface area contributed by atoms with Crippen molar-refractivity contribution < 1.29 is 14.2 Å². The molecule has 2 N–H and O–H groups in total. The number of nitriles is 1. The number of halogens is 1. The molecule has 0 aliphatic heterocycles. The second-order valence-corrected chi connectivity index (χ2v) is 5.27. The average Bonchev–Trinajstić information content (AvgIpc) is 2.59. The van der Waals surface area contributed by atoms with Gasteiger partial charge in [-0.05, 0) is 36.8 Å². The van der Waals surface area contributed by atoms with Crippen LogP contribution in [0.1, 0.15) is 35.8 Å². The first-order valence-electron chi connectivity index (χ1n) is 7.30. The summed E-state index contributed by atoms with van der Waals surface area (Å²) in [6.07, 6.45) is -0.704. The van der Waals surface area contributed by atoms with Gasteiger partial charge in [-0.15, -0.1) is 0 Å². The number of hydrogen-bond donors (Lipinski definition) is 2. The third kappa shape index (κ3) is 4.28. The minimum absolute atomic E-state index is 0.282. The second kappa shape index (κ2) is 7.73. The summed E-state index contributed by atoms with van der Waals surface area (Å²) in [5.41, 5.74) is 1.51. The van der Waals surface area contributed by atoms with Crippen molar-refractivity contribution in [3.05, 3.63) is 65.0 Å². The molecule has 5 heteroatoms. The summed E-state index contributed by atoms with van der Waals surface area (Å²) < 4.78 is 19.0. The van der Waals surface area contributed by atoms with E-state index in [4.69, 9.17) is 10.00 Å². The van der Waals surface area contributed by atoms with Gasteiger partial charge in [-0.25, -0.2) is 4.39 Å². The minimum atomic E-state index is -0.704. The molecule has 2 atom stereocenters. The predicted octanol–water partition coefficient (Wildman–Crippen LogP) is 3.09. The standard InChI is InChI=1S/C18H19FN2O2/c1-12(16-8-3-13(10-20)9-17(16)19)21-11-18(22)14-4-6-15(23-2)7-5-14/h3-9,12,18,21-22H,11H2,1-2H3.